The molecule has 80 valence electrons. The summed E-state index contributed by atoms with van der Waals surface area (Å²) in [7, 11) is 0. The maximum absolute atomic E-state index is 11.9. The minimum absolute atomic E-state index is 0.0121. The molecule has 1 aromatic heterocycles. The molecule has 1 rings (SSSR count). The van der Waals surface area contributed by atoms with Crippen LogP contribution in [0.3, 0.4) is 0 Å². The molecule has 0 saturated heterocycles. The quantitative estimate of drug-likeness (QED) is 0.765. The van der Waals surface area contributed by atoms with Crippen LogP contribution in [0.2, 0.25) is 4.34 Å². The predicted molar refractivity (Wildman–Crippen MR) is 61.1 cm³/mol. The van der Waals surface area contributed by atoms with Gasteiger partial charge in [-0.15, -0.1) is 11.3 Å². The molecule has 5 heteroatoms. The zero-order valence-electron chi connectivity index (χ0n) is 8.53. The molecule has 0 aromatic carbocycles. The largest absolute Gasteiger partial charge is 0.322 e. The lowest BCUT2D eigenvalue weighted by atomic mass is 10.3. The second-order valence-electron chi connectivity index (χ2n) is 3.29. The van der Waals surface area contributed by atoms with Crippen LogP contribution in [0.25, 0.3) is 0 Å². The monoisotopic (exact) mass is 242 g/mol. The number of carbonyl (C=O) groups excluding carboxylic acids is 1. The summed E-state index contributed by atoms with van der Waals surface area (Å²) in [6.45, 7) is 3.86. The SMILES string of the molecule is CC(C)N(CC#N)C(=O)c1ccc(Cl)s1. The van der Waals surface area contributed by atoms with Crippen molar-refractivity contribution in [2.75, 3.05) is 6.54 Å². The van der Waals surface area contributed by atoms with Gasteiger partial charge in [0.15, 0.2) is 0 Å². The molecule has 0 aliphatic heterocycles. The van der Waals surface area contributed by atoms with E-state index >= 15 is 0 Å². The molecule has 0 atom stereocenters. The molecule has 0 spiro atoms. The number of nitriles is 1. The third-order valence-corrected chi connectivity index (χ3v) is 3.13. The Balaban J connectivity index is 2.86. The Morgan fingerprint density at radius 2 is 2.33 bits per heavy atom. The van der Waals surface area contributed by atoms with Crippen molar-refractivity contribution in [3.63, 3.8) is 0 Å². The van der Waals surface area contributed by atoms with E-state index in [1.54, 1.807) is 12.1 Å². The molecule has 3 nitrogen and oxygen atoms in total. The van der Waals surface area contributed by atoms with E-state index in [4.69, 9.17) is 16.9 Å². The van der Waals surface area contributed by atoms with Crippen LogP contribution in [0.4, 0.5) is 0 Å². The van der Waals surface area contributed by atoms with Gasteiger partial charge in [0.2, 0.25) is 0 Å². The molecule has 0 bridgehead atoms. The molecule has 0 fully saturated rings. The van der Waals surface area contributed by atoms with Gasteiger partial charge in [-0.1, -0.05) is 11.6 Å². The van der Waals surface area contributed by atoms with E-state index in [2.05, 4.69) is 0 Å². The van der Waals surface area contributed by atoms with Crippen LogP contribution in [0.1, 0.15) is 23.5 Å². The molecular formula is C10H11ClN2OS. The molecule has 0 N–H and O–H groups in total. The van der Waals surface area contributed by atoms with Crippen LogP contribution in [0.5, 0.6) is 0 Å². The number of rotatable bonds is 3. The number of hydrogen-bond acceptors (Lipinski definition) is 3. The van der Waals surface area contributed by atoms with Crippen LogP contribution < -0.4 is 0 Å². The highest BCUT2D eigenvalue weighted by Gasteiger charge is 2.19. The first-order chi connectivity index (χ1) is 7.06. The molecule has 1 amide bonds. The molecule has 0 unspecified atom stereocenters. The average Bonchev–Trinajstić information content (AvgIpc) is 2.59. The fourth-order valence-electron chi connectivity index (χ4n) is 1.14. The van der Waals surface area contributed by atoms with Crippen LogP contribution in [0.15, 0.2) is 12.1 Å². The lowest BCUT2D eigenvalue weighted by molar-refractivity contribution is 0.0736. The van der Waals surface area contributed by atoms with Gasteiger partial charge >= 0.3 is 0 Å². The van der Waals surface area contributed by atoms with E-state index in [1.165, 1.54) is 16.2 Å². The molecule has 1 aromatic rings. The minimum Gasteiger partial charge on any atom is -0.322 e. The maximum atomic E-state index is 11.9. The second-order valence-corrected chi connectivity index (χ2v) is 5.00. The first-order valence-corrected chi connectivity index (χ1v) is 5.69. The summed E-state index contributed by atoms with van der Waals surface area (Å²) >= 11 is 6.98. The average molecular weight is 243 g/mol. The van der Waals surface area contributed by atoms with Crippen molar-refractivity contribution in [3.05, 3.63) is 21.3 Å². The molecule has 0 aliphatic rings. The molecule has 0 radical (unpaired) electrons. The second kappa shape index (κ2) is 5.15. The number of thiophene rings is 1. The number of nitrogens with zero attached hydrogens (tertiary/aromatic N) is 2. The van der Waals surface area contributed by atoms with Crippen LogP contribution in [-0.2, 0) is 0 Å². The Morgan fingerprint density at radius 1 is 1.67 bits per heavy atom. The highest BCUT2D eigenvalue weighted by molar-refractivity contribution is 7.17. The van der Waals surface area contributed by atoms with Crippen LogP contribution in [-0.4, -0.2) is 23.4 Å². The lowest BCUT2D eigenvalue weighted by Gasteiger charge is -2.22. The molecule has 0 saturated carbocycles. The van der Waals surface area contributed by atoms with Gasteiger partial charge in [0.05, 0.1) is 15.3 Å². The van der Waals surface area contributed by atoms with E-state index in [1.807, 2.05) is 19.9 Å². The van der Waals surface area contributed by atoms with Gasteiger partial charge < -0.3 is 4.90 Å². The minimum atomic E-state index is -0.136. The summed E-state index contributed by atoms with van der Waals surface area (Å²) in [5.74, 6) is -0.136. The van der Waals surface area contributed by atoms with Crippen LogP contribution >= 0.6 is 22.9 Å². The van der Waals surface area contributed by atoms with Crippen molar-refractivity contribution < 1.29 is 4.79 Å². The topological polar surface area (TPSA) is 44.1 Å². The number of amides is 1. The summed E-state index contributed by atoms with van der Waals surface area (Å²) in [6, 6.07) is 5.36. The van der Waals surface area contributed by atoms with Crippen molar-refractivity contribution in [1.29, 1.82) is 5.26 Å². The normalized spacial score (nSPS) is 10.1. The van der Waals surface area contributed by atoms with Gasteiger partial charge in [-0.2, -0.15) is 5.26 Å². The van der Waals surface area contributed by atoms with Crippen molar-refractivity contribution in [3.8, 4) is 6.07 Å². The third-order valence-electron chi connectivity index (χ3n) is 1.91. The molecule has 1 heterocycles. The molecule has 15 heavy (non-hydrogen) atoms. The number of hydrogen-bond donors (Lipinski definition) is 0. The third kappa shape index (κ3) is 2.95. The van der Waals surface area contributed by atoms with Crippen molar-refractivity contribution in [2.24, 2.45) is 0 Å². The summed E-state index contributed by atoms with van der Waals surface area (Å²) in [5, 5.41) is 8.62. The van der Waals surface area contributed by atoms with E-state index < -0.39 is 0 Å². The van der Waals surface area contributed by atoms with Gasteiger partial charge in [0, 0.05) is 6.04 Å². The Hall–Kier alpha value is -1.05. The van der Waals surface area contributed by atoms with Gasteiger partial charge in [0.25, 0.3) is 5.91 Å². The van der Waals surface area contributed by atoms with Crippen molar-refractivity contribution >= 4 is 28.8 Å². The van der Waals surface area contributed by atoms with Crippen molar-refractivity contribution in [2.45, 2.75) is 19.9 Å². The number of halogens is 1. The standard InChI is InChI=1S/C10H11ClN2OS/c1-7(2)13(6-5-12)10(14)8-3-4-9(11)15-8/h3-4,7H,6H2,1-2H3. The fraction of sp³-hybridized carbons (Fsp3) is 0.400. The summed E-state index contributed by atoms with van der Waals surface area (Å²) in [6.07, 6.45) is 0. The highest BCUT2D eigenvalue weighted by Crippen LogP contribution is 2.23. The van der Waals surface area contributed by atoms with E-state index in [-0.39, 0.29) is 18.5 Å². The van der Waals surface area contributed by atoms with E-state index in [9.17, 15) is 4.79 Å². The van der Waals surface area contributed by atoms with Gasteiger partial charge in [-0.25, -0.2) is 0 Å². The fourth-order valence-corrected chi connectivity index (χ4v) is 2.14. The van der Waals surface area contributed by atoms with Gasteiger partial charge in [0.1, 0.15) is 6.54 Å². The summed E-state index contributed by atoms with van der Waals surface area (Å²) in [4.78, 5) is 14.0. The van der Waals surface area contributed by atoms with Crippen LogP contribution in [0, 0.1) is 11.3 Å². The van der Waals surface area contributed by atoms with Gasteiger partial charge in [-0.05, 0) is 26.0 Å². The molecular weight excluding hydrogens is 232 g/mol. The number of carbonyl (C=O) groups is 1. The first-order valence-electron chi connectivity index (χ1n) is 4.49. The Bertz CT molecular complexity index is 394. The highest BCUT2D eigenvalue weighted by atomic mass is 35.5. The molecule has 0 aliphatic carbocycles. The Kier molecular flexibility index (Phi) is 4.13. The Morgan fingerprint density at radius 3 is 2.73 bits per heavy atom. The maximum Gasteiger partial charge on any atom is 0.265 e. The zero-order valence-corrected chi connectivity index (χ0v) is 10.1. The van der Waals surface area contributed by atoms with E-state index in [0.29, 0.717) is 9.21 Å². The van der Waals surface area contributed by atoms with E-state index in [0.717, 1.165) is 0 Å². The smallest absolute Gasteiger partial charge is 0.265 e. The predicted octanol–water partition coefficient (Wildman–Crippen LogP) is 2.78. The first kappa shape index (κ1) is 12.0. The van der Waals surface area contributed by atoms with Gasteiger partial charge in [-0.3, -0.25) is 4.79 Å². The summed E-state index contributed by atoms with van der Waals surface area (Å²) in [5.41, 5.74) is 0. The Labute approximate surface area is 97.9 Å². The zero-order chi connectivity index (χ0) is 11.4. The summed E-state index contributed by atoms with van der Waals surface area (Å²) < 4.78 is 0.582. The van der Waals surface area contributed by atoms with Crippen molar-refractivity contribution in [1.82, 2.24) is 4.90 Å². The lowest BCUT2D eigenvalue weighted by Crippen LogP contribution is -2.36.